The summed E-state index contributed by atoms with van der Waals surface area (Å²) >= 11 is 6.14. The van der Waals surface area contributed by atoms with Crippen LogP contribution in [0.2, 0.25) is 0 Å². The summed E-state index contributed by atoms with van der Waals surface area (Å²) in [4.78, 5) is 0. The molecule has 2 heteroatoms. The fourth-order valence-electron chi connectivity index (χ4n) is 4.43. The average molecular weight is 438 g/mol. The van der Waals surface area contributed by atoms with Crippen LogP contribution in [0.3, 0.4) is 0 Å². The van der Waals surface area contributed by atoms with Gasteiger partial charge in [0.05, 0.1) is 0 Å². The Bertz CT molecular complexity index is 512. The molecular formula is C28H52ClN. The van der Waals surface area contributed by atoms with Crippen LogP contribution in [0.4, 0.5) is 0 Å². The van der Waals surface area contributed by atoms with Gasteiger partial charge in [0.2, 0.25) is 0 Å². The zero-order valence-electron chi connectivity index (χ0n) is 20.7. The predicted octanol–water partition coefficient (Wildman–Crippen LogP) is 10.4. The molecule has 0 heterocycles. The zero-order chi connectivity index (χ0) is 21.2. The Morgan fingerprint density at radius 1 is 0.600 bits per heavy atom. The summed E-state index contributed by atoms with van der Waals surface area (Å²) in [6.45, 7) is 6.77. The van der Waals surface area contributed by atoms with Crippen LogP contribution in [0.5, 0.6) is 0 Å². The van der Waals surface area contributed by atoms with E-state index in [0.717, 1.165) is 0 Å². The minimum absolute atomic E-state index is 0. The molecule has 1 aromatic rings. The van der Waals surface area contributed by atoms with E-state index in [4.69, 9.17) is 11.6 Å². The Kier molecular flexibility index (Phi) is 20.0. The molecule has 0 aliphatic heterocycles. The highest BCUT2D eigenvalue weighted by Gasteiger charge is 2.07. The van der Waals surface area contributed by atoms with E-state index in [0.29, 0.717) is 5.88 Å². The van der Waals surface area contributed by atoms with Crippen molar-refractivity contribution in [2.45, 2.75) is 142 Å². The average Bonchev–Trinajstić information content (AvgIpc) is 2.73. The molecule has 30 heavy (non-hydrogen) atoms. The van der Waals surface area contributed by atoms with E-state index in [2.05, 4.69) is 32.9 Å². The topological polar surface area (TPSA) is 35.0 Å². The molecule has 0 aromatic heterocycles. The van der Waals surface area contributed by atoms with Crippen molar-refractivity contribution in [3.63, 3.8) is 0 Å². The van der Waals surface area contributed by atoms with Gasteiger partial charge in [0, 0.05) is 5.88 Å². The Morgan fingerprint density at radius 3 is 1.40 bits per heavy atom. The second-order valence-electron chi connectivity index (χ2n) is 9.19. The van der Waals surface area contributed by atoms with Gasteiger partial charge in [0.15, 0.2) is 0 Å². The molecule has 1 nitrogen and oxygen atoms in total. The van der Waals surface area contributed by atoms with Crippen molar-refractivity contribution in [2.75, 3.05) is 0 Å². The highest BCUT2D eigenvalue weighted by atomic mass is 35.5. The van der Waals surface area contributed by atoms with Crippen LogP contribution in [0.25, 0.3) is 0 Å². The molecule has 176 valence electrons. The van der Waals surface area contributed by atoms with Gasteiger partial charge in [-0.2, -0.15) is 0 Å². The van der Waals surface area contributed by atoms with Crippen molar-refractivity contribution in [1.82, 2.24) is 6.15 Å². The second-order valence-corrected chi connectivity index (χ2v) is 9.45. The van der Waals surface area contributed by atoms with Gasteiger partial charge in [-0.25, -0.2) is 0 Å². The monoisotopic (exact) mass is 437 g/mol. The van der Waals surface area contributed by atoms with Gasteiger partial charge in [0.1, 0.15) is 0 Å². The summed E-state index contributed by atoms with van der Waals surface area (Å²) in [5.41, 5.74) is 5.72. The highest BCUT2D eigenvalue weighted by Crippen LogP contribution is 2.22. The van der Waals surface area contributed by atoms with Crippen molar-refractivity contribution in [3.8, 4) is 0 Å². The molecule has 0 unspecified atom stereocenters. The Labute approximate surface area is 194 Å². The fourth-order valence-corrected chi connectivity index (χ4v) is 4.68. The lowest BCUT2D eigenvalue weighted by molar-refractivity contribution is 0.527. The molecule has 0 atom stereocenters. The highest BCUT2D eigenvalue weighted by molar-refractivity contribution is 6.17. The SMILES string of the molecule is CCCCCCCCCCCCCCCCCCCc1c(CCl)ccc(C)c1C.N. The van der Waals surface area contributed by atoms with E-state index in [-0.39, 0.29) is 6.15 Å². The predicted molar refractivity (Wildman–Crippen MR) is 138 cm³/mol. The van der Waals surface area contributed by atoms with Gasteiger partial charge in [-0.05, 0) is 48.9 Å². The first-order chi connectivity index (χ1) is 14.2. The molecule has 0 aliphatic rings. The summed E-state index contributed by atoms with van der Waals surface area (Å²) in [6, 6.07) is 4.43. The number of benzene rings is 1. The van der Waals surface area contributed by atoms with Gasteiger partial charge in [-0.3, -0.25) is 0 Å². The van der Waals surface area contributed by atoms with Crippen molar-refractivity contribution in [2.24, 2.45) is 0 Å². The smallest absolute Gasteiger partial charge is 0.0476 e. The van der Waals surface area contributed by atoms with Crippen molar-refractivity contribution in [1.29, 1.82) is 0 Å². The van der Waals surface area contributed by atoms with Gasteiger partial charge in [0.25, 0.3) is 0 Å². The van der Waals surface area contributed by atoms with E-state index in [1.807, 2.05) is 0 Å². The molecule has 3 N–H and O–H groups in total. The summed E-state index contributed by atoms with van der Waals surface area (Å²) in [7, 11) is 0. The molecule has 0 radical (unpaired) electrons. The lowest BCUT2D eigenvalue weighted by Gasteiger charge is -2.13. The van der Waals surface area contributed by atoms with Crippen LogP contribution in [-0.4, -0.2) is 0 Å². The van der Waals surface area contributed by atoms with Crippen molar-refractivity contribution >= 4 is 11.6 Å². The first-order valence-electron chi connectivity index (χ1n) is 12.8. The minimum atomic E-state index is 0. The third-order valence-electron chi connectivity index (χ3n) is 6.64. The van der Waals surface area contributed by atoms with Crippen LogP contribution in [0, 0.1) is 13.8 Å². The maximum Gasteiger partial charge on any atom is 0.0476 e. The molecule has 0 aliphatic carbocycles. The van der Waals surface area contributed by atoms with Crippen molar-refractivity contribution in [3.05, 3.63) is 34.4 Å². The van der Waals surface area contributed by atoms with Gasteiger partial charge in [-0.15, -0.1) is 11.6 Å². The number of unbranched alkanes of at least 4 members (excludes halogenated alkanes) is 16. The van der Waals surface area contributed by atoms with E-state index in [1.54, 1.807) is 0 Å². The number of alkyl halides is 1. The summed E-state index contributed by atoms with van der Waals surface area (Å²) in [6.07, 6.45) is 25.6. The number of hydrogen-bond donors (Lipinski definition) is 1. The largest absolute Gasteiger partial charge is 0.344 e. The van der Waals surface area contributed by atoms with E-state index in [1.165, 1.54) is 138 Å². The third-order valence-corrected chi connectivity index (χ3v) is 6.93. The number of rotatable bonds is 19. The molecular weight excluding hydrogens is 386 g/mol. The Hall–Kier alpha value is -0.530. The summed E-state index contributed by atoms with van der Waals surface area (Å²) in [5, 5.41) is 0. The fraction of sp³-hybridized carbons (Fsp3) is 0.786. The maximum absolute atomic E-state index is 6.14. The molecule has 0 spiro atoms. The molecule has 0 bridgehead atoms. The molecule has 0 saturated heterocycles. The minimum Gasteiger partial charge on any atom is -0.344 e. The number of hydrogen-bond acceptors (Lipinski definition) is 1. The quantitative estimate of drug-likeness (QED) is 0.169. The number of halogens is 1. The second kappa shape index (κ2) is 20.4. The van der Waals surface area contributed by atoms with Crippen molar-refractivity contribution < 1.29 is 0 Å². The lowest BCUT2D eigenvalue weighted by atomic mass is 9.94. The van der Waals surface area contributed by atoms with Crippen LogP contribution in [-0.2, 0) is 12.3 Å². The van der Waals surface area contributed by atoms with E-state index < -0.39 is 0 Å². The normalized spacial score (nSPS) is 10.9. The van der Waals surface area contributed by atoms with Gasteiger partial charge >= 0.3 is 0 Å². The lowest BCUT2D eigenvalue weighted by Crippen LogP contribution is -1.98. The maximum atomic E-state index is 6.14. The molecule has 1 rings (SSSR count). The van der Waals surface area contributed by atoms with Gasteiger partial charge in [-0.1, -0.05) is 122 Å². The van der Waals surface area contributed by atoms with E-state index >= 15 is 0 Å². The molecule has 0 amide bonds. The van der Waals surface area contributed by atoms with Crippen LogP contribution >= 0.6 is 11.6 Å². The first-order valence-corrected chi connectivity index (χ1v) is 13.4. The van der Waals surface area contributed by atoms with Gasteiger partial charge < -0.3 is 6.15 Å². The standard InChI is InChI=1S/C28H49Cl.H3N/c1-4-5-6-7-8-9-10-11-12-13-14-15-16-17-18-19-20-21-28-26(3)25(2)22-23-27(28)24-29;/h22-23H,4-21,24H2,1-3H3;1H3. The van der Waals surface area contributed by atoms with Crippen LogP contribution in [0.1, 0.15) is 138 Å². The Balaban J connectivity index is 0.00000841. The van der Waals surface area contributed by atoms with Crippen LogP contribution in [0.15, 0.2) is 12.1 Å². The van der Waals surface area contributed by atoms with E-state index in [9.17, 15) is 0 Å². The third kappa shape index (κ3) is 13.7. The summed E-state index contributed by atoms with van der Waals surface area (Å²) < 4.78 is 0. The Morgan fingerprint density at radius 2 is 1.00 bits per heavy atom. The first kappa shape index (κ1) is 29.5. The zero-order valence-corrected chi connectivity index (χ0v) is 21.4. The molecule has 1 aromatic carbocycles. The molecule has 0 saturated carbocycles. The summed E-state index contributed by atoms with van der Waals surface area (Å²) in [5.74, 6) is 0.648. The number of aryl methyl sites for hydroxylation is 1. The molecule has 0 fully saturated rings. The van der Waals surface area contributed by atoms with Crippen LogP contribution < -0.4 is 6.15 Å².